The molecular formula is C19H13F3. The molecule has 0 spiro atoms. The minimum absolute atomic E-state index is 0.342. The summed E-state index contributed by atoms with van der Waals surface area (Å²) in [6, 6.07) is 17.8. The zero-order valence-electron chi connectivity index (χ0n) is 11.9. The van der Waals surface area contributed by atoms with Crippen LogP contribution < -0.4 is 0 Å². The summed E-state index contributed by atoms with van der Waals surface area (Å²) < 4.78 is 42.1. The van der Waals surface area contributed by atoms with Crippen molar-refractivity contribution in [2.75, 3.05) is 0 Å². The quantitative estimate of drug-likeness (QED) is 0.500. The van der Waals surface area contributed by atoms with E-state index in [0.717, 1.165) is 5.39 Å². The molecule has 1 atom stereocenters. The summed E-state index contributed by atoms with van der Waals surface area (Å²) in [6.45, 7) is 1.30. The lowest BCUT2D eigenvalue weighted by atomic mass is 9.77. The Hall–Kier alpha value is -2.29. The Balaban J connectivity index is 2.22. The molecule has 0 amide bonds. The van der Waals surface area contributed by atoms with Crippen molar-refractivity contribution in [1.29, 1.82) is 0 Å². The second kappa shape index (κ2) is 4.13. The van der Waals surface area contributed by atoms with Crippen molar-refractivity contribution in [2.45, 2.75) is 18.5 Å². The van der Waals surface area contributed by atoms with Crippen LogP contribution in [0.25, 0.3) is 21.9 Å². The van der Waals surface area contributed by atoms with E-state index in [1.54, 1.807) is 36.4 Å². The van der Waals surface area contributed by atoms with Crippen LogP contribution in [-0.4, -0.2) is 6.18 Å². The third-order valence-electron chi connectivity index (χ3n) is 4.75. The normalized spacial score (nSPS) is 20.0. The van der Waals surface area contributed by atoms with Crippen LogP contribution in [0, 0.1) is 0 Å². The van der Waals surface area contributed by atoms with Gasteiger partial charge in [-0.05, 0) is 39.9 Å². The maximum atomic E-state index is 14.0. The Bertz CT molecular complexity index is 893. The number of hydrogen-bond acceptors (Lipinski definition) is 0. The van der Waals surface area contributed by atoms with Crippen LogP contribution in [0.3, 0.4) is 0 Å². The fraction of sp³-hybridized carbons (Fsp3) is 0.158. The first-order valence-corrected chi connectivity index (χ1v) is 7.13. The highest BCUT2D eigenvalue weighted by molar-refractivity contribution is 5.97. The second-order valence-corrected chi connectivity index (χ2v) is 5.88. The van der Waals surface area contributed by atoms with Crippen molar-refractivity contribution in [3.8, 4) is 11.1 Å². The minimum atomic E-state index is -4.35. The molecule has 22 heavy (non-hydrogen) atoms. The SMILES string of the molecule is CC1(C(F)(F)F)c2ccccc2-c2ccc3ccccc3c21. The summed E-state index contributed by atoms with van der Waals surface area (Å²) in [5.41, 5.74) is 0.116. The van der Waals surface area contributed by atoms with Crippen molar-refractivity contribution in [3.05, 3.63) is 71.8 Å². The molecule has 3 aromatic carbocycles. The average molecular weight is 298 g/mol. The Morgan fingerprint density at radius 1 is 0.773 bits per heavy atom. The van der Waals surface area contributed by atoms with E-state index in [1.165, 1.54) is 6.92 Å². The fourth-order valence-corrected chi connectivity index (χ4v) is 3.62. The summed E-state index contributed by atoms with van der Waals surface area (Å²) in [4.78, 5) is 0. The second-order valence-electron chi connectivity index (χ2n) is 5.88. The van der Waals surface area contributed by atoms with Gasteiger partial charge in [0.15, 0.2) is 0 Å². The first kappa shape index (κ1) is 13.4. The van der Waals surface area contributed by atoms with Crippen molar-refractivity contribution < 1.29 is 13.2 Å². The number of alkyl halides is 3. The molecule has 0 bridgehead atoms. The van der Waals surface area contributed by atoms with Gasteiger partial charge in [-0.25, -0.2) is 0 Å². The van der Waals surface area contributed by atoms with E-state index in [0.29, 0.717) is 27.6 Å². The molecule has 0 nitrogen and oxygen atoms in total. The Kier molecular flexibility index (Phi) is 2.51. The van der Waals surface area contributed by atoms with Gasteiger partial charge in [-0.3, -0.25) is 0 Å². The van der Waals surface area contributed by atoms with Gasteiger partial charge in [0.2, 0.25) is 0 Å². The molecule has 0 fully saturated rings. The molecule has 3 aromatic rings. The van der Waals surface area contributed by atoms with Crippen molar-refractivity contribution in [1.82, 2.24) is 0 Å². The fourth-order valence-electron chi connectivity index (χ4n) is 3.62. The van der Waals surface area contributed by atoms with Gasteiger partial charge in [0.25, 0.3) is 0 Å². The lowest BCUT2D eigenvalue weighted by Crippen LogP contribution is -2.39. The molecule has 0 aromatic heterocycles. The largest absolute Gasteiger partial charge is 0.402 e. The lowest BCUT2D eigenvalue weighted by Gasteiger charge is -2.31. The van der Waals surface area contributed by atoms with E-state index in [-0.39, 0.29) is 0 Å². The zero-order chi connectivity index (χ0) is 15.5. The van der Waals surface area contributed by atoms with Crippen LogP contribution in [-0.2, 0) is 5.41 Å². The lowest BCUT2D eigenvalue weighted by molar-refractivity contribution is -0.171. The summed E-state index contributed by atoms with van der Waals surface area (Å²) in [6.07, 6.45) is -4.35. The van der Waals surface area contributed by atoms with E-state index < -0.39 is 11.6 Å². The first-order valence-electron chi connectivity index (χ1n) is 7.13. The zero-order valence-corrected chi connectivity index (χ0v) is 11.9. The van der Waals surface area contributed by atoms with Crippen LogP contribution in [0.2, 0.25) is 0 Å². The minimum Gasteiger partial charge on any atom is -0.170 e. The smallest absolute Gasteiger partial charge is 0.170 e. The molecule has 1 aliphatic rings. The van der Waals surface area contributed by atoms with Gasteiger partial charge in [0, 0.05) is 0 Å². The van der Waals surface area contributed by atoms with Crippen molar-refractivity contribution in [3.63, 3.8) is 0 Å². The summed E-state index contributed by atoms with van der Waals surface area (Å²) >= 11 is 0. The van der Waals surface area contributed by atoms with Gasteiger partial charge < -0.3 is 0 Å². The molecule has 1 aliphatic carbocycles. The molecule has 0 N–H and O–H groups in total. The maximum absolute atomic E-state index is 14.0. The van der Waals surface area contributed by atoms with Gasteiger partial charge in [0.1, 0.15) is 5.41 Å². The van der Waals surface area contributed by atoms with Crippen LogP contribution in [0.4, 0.5) is 13.2 Å². The molecule has 0 aliphatic heterocycles. The predicted molar refractivity (Wildman–Crippen MR) is 81.9 cm³/mol. The van der Waals surface area contributed by atoms with E-state index in [9.17, 15) is 13.2 Å². The van der Waals surface area contributed by atoms with Crippen molar-refractivity contribution >= 4 is 10.8 Å². The number of benzene rings is 3. The first-order chi connectivity index (χ1) is 10.4. The molecule has 0 radical (unpaired) electrons. The van der Waals surface area contributed by atoms with Crippen LogP contribution in [0.5, 0.6) is 0 Å². The monoisotopic (exact) mass is 298 g/mol. The van der Waals surface area contributed by atoms with E-state index in [2.05, 4.69) is 0 Å². The van der Waals surface area contributed by atoms with Gasteiger partial charge in [-0.1, -0.05) is 60.7 Å². The molecule has 3 heteroatoms. The van der Waals surface area contributed by atoms with Crippen LogP contribution in [0.1, 0.15) is 18.1 Å². The molecule has 0 heterocycles. The third kappa shape index (κ3) is 1.48. The summed E-state index contributed by atoms with van der Waals surface area (Å²) in [5.74, 6) is 0. The van der Waals surface area contributed by atoms with E-state index in [4.69, 9.17) is 0 Å². The Morgan fingerprint density at radius 3 is 2.23 bits per heavy atom. The molecule has 0 saturated heterocycles. The average Bonchev–Trinajstić information content (AvgIpc) is 2.79. The standard InChI is InChI=1S/C19H13F3/c1-18(19(20,21)22)16-9-5-4-8-14(16)15-11-10-12-6-2-3-7-13(12)17(15)18/h2-11H,1H3. The number of hydrogen-bond donors (Lipinski definition) is 0. The van der Waals surface area contributed by atoms with Gasteiger partial charge in [-0.2, -0.15) is 13.2 Å². The number of halogens is 3. The van der Waals surface area contributed by atoms with E-state index >= 15 is 0 Å². The predicted octanol–water partition coefficient (Wildman–Crippen LogP) is 5.69. The van der Waals surface area contributed by atoms with Crippen molar-refractivity contribution in [2.24, 2.45) is 0 Å². The Morgan fingerprint density at radius 2 is 1.45 bits per heavy atom. The van der Waals surface area contributed by atoms with Gasteiger partial charge in [-0.15, -0.1) is 0 Å². The summed E-state index contributed by atoms with van der Waals surface area (Å²) in [7, 11) is 0. The van der Waals surface area contributed by atoms with Crippen LogP contribution >= 0.6 is 0 Å². The number of rotatable bonds is 0. The molecule has 4 rings (SSSR count). The molecule has 110 valence electrons. The third-order valence-corrected chi connectivity index (χ3v) is 4.75. The topological polar surface area (TPSA) is 0 Å². The van der Waals surface area contributed by atoms with Gasteiger partial charge >= 0.3 is 6.18 Å². The molecule has 1 unspecified atom stereocenters. The van der Waals surface area contributed by atoms with Crippen LogP contribution in [0.15, 0.2) is 60.7 Å². The molecule has 0 saturated carbocycles. The maximum Gasteiger partial charge on any atom is 0.402 e. The summed E-state index contributed by atoms with van der Waals surface area (Å²) in [5, 5.41) is 1.51. The van der Waals surface area contributed by atoms with Gasteiger partial charge in [0.05, 0.1) is 0 Å². The highest BCUT2D eigenvalue weighted by Gasteiger charge is 2.58. The number of fused-ring (bicyclic) bond motifs is 5. The highest BCUT2D eigenvalue weighted by atomic mass is 19.4. The Labute approximate surface area is 126 Å². The highest BCUT2D eigenvalue weighted by Crippen LogP contribution is 2.57. The van der Waals surface area contributed by atoms with E-state index in [1.807, 2.05) is 24.3 Å². The molecular weight excluding hydrogens is 285 g/mol.